The number of hydrogen-bond donors (Lipinski definition) is 1. The van der Waals surface area contributed by atoms with Crippen molar-refractivity contribution in [1.82, 2.24) is 9.80 Å². The molecule has 2 N–H and O–H groups in total. The lowest BCUT2D eigenvalue weighted by atomic mass is 9.93. The highest BCUT2D eigenvalue weighted by atomic mass is 16.2. The molecule has 1 atom stereocenters. The van der Waals surface area contributed by atoms with Gasteiger partial charge in [0.15, 0.2) is 0 Å². The summed E-state index contributed by atoms with van der Waals surface area (Å²) in [6.45, 7) is 8.98. The van der Waals surface area contributed by atoms with Crippen LogP contribution in [0.4, 0.5) is 0 Å². The quantitative estimate of drug-likeness (QED) is 0.816. The van der Waals surface area contributed by atoms with Gasteiger partial charge in [0.05, 0.1) is 0 Å². The Balaban J connectivity index is 1.74. The molecule has 0 aromatic heterocycles. The first kappa shape index (κ1) is 16.8. The lowest BCUT2D eigenvalue weighted by Gasteiger charge is -2.38. The van der Waals surface area contributed by atoms with Crippen LogP contribution in [0.25, 0.3) is 0 Å². The number of nitrogens with zero attached hydrogens (tertiary/aromatic N) is 2. The van der Waals surface area contributed by atoms with E-state index in [1.807, 2.05) is 0 Å². The number of hydrogen-bond acceptors (Lipinski definition) is 3. The summed E-state index contributed by atoms with van der Waals surface area (Å²) in [5.74, 6) is 1.29. The van der Waals surface area contributed by atoms with Gasteiger partial charge in [-0.15, -0.1) is 0 Å². The predicted molar refractivity (Wildman–Crippen MR) is 87.0 cm³/mol. The lowest BCUT2D eigenvalue weighted by molar-refractivity contribution is -0.134. The Morgan fingerprint density at radius 2 is 1.76 bits per heavy atom. The van der Waals surface area contributed by atoms with Crippen LogP contribution in [-0.4, -0.2) is 54.5 Å². The van der Waals surface area contributed by atoms with Crippen molar-refractivity contribution in [2.24, 2.45) is 17.6 Å². The van der Waals surface area contributed by atoms with Gasteiger partial charge in [0, 0.05) is 38.6 Å². The van der Waals surface area contributed by atoms with Gasteiger partial charge in [-0.2, -0.15) is 0 Å². The maximum Gasteiger partial charge on any atom is 0.222 e. The van der Waals surface area contributed by atoms with Gasteiger partial charge in [0.1, 0.15) is 0 Å². The van der Waals surface area contributed by atoms with E-state index in [-0.39, 0.29) is 0 Å². The molecule has 0 aromatic carbocycles. The molecular formula is C17H33N3O. The summed E-state index contributed by atoms with van der Waals surface area (Å²) < 4.78 is 0. The van der Waals surface area contributed by atoms with Crippen LogP contribution in [0.15, 0.2) is 0 Å². The average molecular weight is 295 g/mol. The molecule has 4 heteroatoms. The first-order chi connectivity index (χ1) is 10.1. The maximum absolute atomic E-state index is 12.4. The fourth-order valence-corrected chi connectivity index (χ4v) is 3.91. The second kappa shape index (κ2) is 8.14. The van der Waals surface area contributed by atoms with Gasteiger partial charge in [-0.3, -0.25) is 9.69 Å². The van der Waals surface area contributed by atoms with Crippen LogP contribution in [-0.2, 0) is 4.79 Å². The van der Waals surface area contributed by atoms with Crippen molar-refractivity contribution in [3.8, 4) is 0 Å². The molecule has 2 fully saturated rings. The van der Waals surface area contributed by atoms with Crippen LogP contribution < -0.4 is 5.73 Å². The van der Waals surface area contributed by atoms with Gasteiger partial charge >= 0.3 is 0 Å². The van der Waals surface area contributed by atoms with E-state index in [9.17, 15) is 4.79 Å². The number of piperazine rings is 1. The third kappa shape index (κ3) is 4.96. The fourth-order valence-electron chi connectivity index (χ4n) is 3.91. The molecule has 1 saturated carbocycles. The summed E-state index contributed by atoms with van der Waals surface area (Å²) in [6, 6.07) is 0.792. The molecule has 1 aliphatic heterocycles. The van der Waals surface area contributed by atoms with E-state index >= 15 is 0 Å². The van der Waals surface area contributed by atoms with E-state index in [2.05, 4.69) is 23.6 Å². The van der Waals surface area contributed by atoms with Gasteiger partial charge < -0.3 is 10.6 Å². The minimum Gasteiger partial charge on any atom is -0.340 e. The lowest BCUT2D eigenvalue weighted by Crippen LogP contribution is -2.51. The fraction of sp³-hybridized carbons (Fsp3) is 0.941. The largest absolute Gasteiger partial charge is 0.340 e. The molecule has 21 heavy (non-hydrogen) atoms. The zero-order valence-corrected chi connectivity index (χ0v) is 13.9. The standard InChI is InChI=1S/C17H33N3O/c1-14(2)11-15(13-18)12-17(21)20-9-7-19(8-10-20)16-5-3-4-6-16/h14-16H,3-13,18H2,1-2H3/t15-/m0/s1. The van der Waals surface area contributed by atoms with E-state index in [0.29, 0.717) is 30.7 Å². The average Bonchev–Trinajstić information content (AvgIpc) is 3.00. The van der Waals surface area contributed by atoms with Crippen molar-refractivity contribution in [3.63, 3.8) is 0 Å². The van der Waals surface area contributed by atoms with Crippen molar-refractivity contribution in [3.05, 3.63) is 0 Å². The number of rotatable bonds is 6. The van der Waals surface area contributed by atoms with Gasteiger partial charge in [-0.25, -0.2) is 0 Å². The van der Waals surface area contributed by atoms with Crippen LogP contribution in [0.1, 0.15) is 52.4 Å². The molecule has 122 valence electrons. The van der Waals surface area contributed by atoms with Crippen LogP contribution >= 0.6 is 0 Å². The van der Waals surface area contributed by atoms with Crippen molar-refractivity contribution < 1.29 is 4.79 Å². The van der Waals surface area contributed by atoms with Gasteiger partial charge in [-0.1, -0.05) is 26.7 Å². The number of nitrogens with two attached hydrogens (primary N) is 1. The zero-order valence-electron chi connectivity index (χ0n) is 13.9. The van der Waals surface area contributed by atoms with Crippen LogP contribution in [0.3, 0.4) is 0 Å². The van der Waals surface area contributed by atoms with E-state index in [4.69, 9.17) is 5.73 Å². The monoisotopic (exact) mass is 295 g/mol. The molecule has 4 nitrogen and oxygen atoms in total. The summed E-state index contributed by atoms with van der Waals surface area (Å²) in [5.41, 5.74) is 5.82. The highest BCUT2D eigenvalue weighted by Gasteiger charge is 2.28. The Morgan fingerprint density at radius 3 is 2.29 bits per heavy atom. The molecule has 2 rings (SSSR count). The molecular weight excluding hydrogens is 262 g/mol. The molecule has 0 aromatic rings. The summed E-state index contributed by atoms with van der Waals surface area (Å²) in [7, 11) is 0. The zero-order chi connectivity index (χ0) is 15.2. The first-order valence-corrected chi connectivity index (χ1v) is 8.82. The second-order valence-corrected chi connectivity index (χ2v) is 7.29. The smallest absolute Gasteiger partial charge is 0.222 e. The topological polar surface area (TPSA) is 49.6 Å². The third-order valence-corrected chi connectivity index (χ3v) is 5.11. The first-order valence-electron chi connectivity index (χ1n) is 8.82. The SMILES string of the molecule is CC(C)C[C@H](CN)CC(=O)N1CCN(C2CCCC2)CC1. The summed E-state index contributed by atoms with van der Waals surface area (Å²) in [5, 5.41) is 0. The van der Waals surface area contributed by atoms with Gasteiger partial charge in [-0.05, 0) is 37.6 Å². The minimum absolute atomic E-state index is 0.317. The Hall–Kier alpha value is -0.610. The molecule has 1 heterocycles. The maximum atomic E-state index is 12.4. The number of amides is 1. The van der Waals surface area contributed by atoms with E-state index in [1.165, 1.54) is 25.7 Å². The van der Waals surface area contributed by atoms with E-state index in [0.717, 1.165) is 38.6 Å². The van der Waals surface area contributed by atoms with Gasteiger partial charge in [0.2, 0.25) is 5.91 Å². The summed E-state index contributed by atoms with van der Waals surface area (Å²) in [6.07, 6.45) is 7.19. The second-order valence-electron chi connectivity index (χ2n) is 7.29. The van der Waals surface area contributed by atoms with Crippen molar-refractivity contribution in [2.75, 3.05) is 32.7 Å². The Bertz CT molecular complexity index is 318. The molecule has 0 bridgehead atoms. The van der Waals surface area contributed by atoms with Gasteiger partial charge in [0.25, 0.3) is 0 Å². The Morgan fingerprint density at radius 1 is 1.14 bits per heavy atom. The highest BCUT2D eigenvalue weighted by Crippen LogP contribution is 2.24. The summed E-state index contributed by atoms with van der Waals surface area (Å²) >= 11 is 0. The molecule has 2 aliphatic rings. The molecule has 1 amide bonds. The van der Waals surface area contributed by atoms with Crippen LogP contribution in [0.2, 0.25) is 0 Å². The number of carbonyl (C=O) groups is 1. The predicted octanol–water partition coefficient (Wildman–Crippen LogP) is 2.08. The summed E-state index contributed by atoms with van der Waals surface area (Å²) in [4.78, 5) is 17.1. The molecule has 0 radical (unpaired) electrons. The van der Waals surface area contributed by atoms with Crippen LogP contribution in [0.5, 0.6) is 0 Å². The number of carbonyl (C=O) groups excluding carboxylic acids is 1. The molecule has 0 unspecified atom stereocenters. The van der Waals surface area contributed by atoms with Crippen molar-refractivity contribution >= 4 is 5.91 Å². The van der Waals surface area contributed by atoms with Crippen molar-refractivity contribution in [2.45, 2.75) is 58.4 Å². The normalized spacial score (nSPS) is 23.0. The highest BCUT2D eigenvalue weighted by molar-refractivity contribution is 5.76. The molecule has 1 saturated heterocycles. The Labute approximate surface area is 130 Å². The minimum atomic E-state index is 0.317. The van der Waals surface area contributed by atoms with E-state index < -0.39 is 0 Å². The molecule has 1 aliphatic carbocycles. The van der Waals surface area contributed by atoms with Crippen LogP contribution in [0, 0.1) is 11.8 Å². The van der Waals surface area contributed by atoms with E-state index in [1.54, 1.807) is 0 Å². The van der Waals surface area contributed by atoms with Crippen molar-refractivity contribution in [1.29, 1.82) is 0 Å². The molecule has 0 spiro atoms. The third-order valence-electron chi connectivity index (χ3n) is 5.11. The Kier molecular flexibility index (Phi) is 6.49.